The first-order valence-electron chi connectivity index (χ1n) is 7.59. The van der Waals surface area contributed by atoms with Crippen LogP contribution in [0.5, 0.6) is 0 Å². The maximum absolute atomic E-state index is 13.8. The molecule has 3 nitrogen and oxygen atoms in total. The molecule has 1 unspecified atom stereocenters. The van der Waals surface area contributed by atoms with Crippen molar-refractivity contribution in [1.29, 1.82) is 0 Å². The fourth-order valence-electron chi connectivity index (χ4n) is 2.46. The van der Waals surface area contributed by atoms with E-state index in [2.05, 4.69) is 5.32 Å². The van der Waals surface area contributed by atoms with E-state index < -0.39 is 17.7 Å². The zero-order valence-corrected chi connectivity index (χ0v) is 14.2. The second-order valence-corrected chi connectivity index (χ2v) is 5.39. The van der Waals surface area contributed by atoms with E-state index in [1.54, 1.807) is 6.07 Å². The number of carbonyl (C=O) groups is 1. The van der Waals surface area contributed by atoms with Gasteiger partial charge in [0.15, 0.2) is 0 Å². The molecular weight excluding hydrogens is 334 g/mol. The van der Waals surface area contributed by atoms with Crippen LogP contribution in [0, 0.1) is 11.6 Å². The van der Waals surface area contributed by atoms with Crippen LogP contribution in [0.15, 0.2) is 42.5 Å². The summed E-state index contributed by atoms with van der Waals surface area (Å²) >= 11 is 0. The largest absolute Gasteiger partial charge is 0.399 e. The van der Waals surface area contributed by atoms with Crippen LogP contribution in [0.2, 0.25) is 0 Å². The van der Waals surface area contributed by atoms with E-state index in [9.17, 15) is 13.6 Å². The van der Waals surface area contributed by atoms with Gasteiger partial charge in [0, 0.05) is 17.7 Å². The van der Waals surface area contributed by atoms with Gasteiger partial charge in [-0.2, -0.15) is 0 Å². The quantitative estimate of drug-likeness (QED) is 0.765. The third-order valence-corrected chi connectivity index (χ3v) is 3.75. The normalized spacial score (nSPS) is 11.5. The van der Waals surface area contributed by atoms with E-state index in [4.69, 9.17) is 5.73 Å². The Balaban J connectivity index is 0.00000288. The molecule has 2 aromatic carbocycles. The van der Waals surface area contributed by atoms with Crippen molar-refractivity contribution in [2.24, 2.45) is 0 Å². The number of hydrogen-bond acceptors (Lipinski definition) is 2. The first kappa shape index (κ1) is 19.9. The molecule has 3 N–H and O–H groups in total. The Labute approximate surface area is 146 Å². The molecule has 0 aliphatic rings. The zero-order chi connectivity index (χ0) is 16.8. The monoisotopic (exact) mass is 354 g/mol. The first-order valence-corrected chi connectivity index (χ1v) is 7.59. The molecule has 0 spiro atoms. The Morgan fingerprint density at radius 1 is 1.21 bits per heavy atom. The van der Waals surface area contributed by atoms with Crippen LogP contribution in [0.1, 0.15) is 36.9 Å². The Kier molecular flexibility index (Phi) is 7.65. The van der Waals surface area contributed by atoms with Gasteiger partial charge in [-0.05, 0) is 42.7 Å². The number of amides is 1. The van der Waals surface area contributed by atoms with Gasteiger partial charge in [-0.15, -0.1) is 12.4 Å². The summed E-state index contributed by atoms with van der Waals surface area (Å²) in [5, 5.41) is 2.75. The van der Waals surface area contributed by atoms with E-state index in [1.165, 1.54) is 0 Å². The SMILES string of the molecule is CCC(NC(=O)CCc1ccccc1N)c1cc(F)ccc1F.Cl. The highest BCUT2D eigenvalue weighted by molar-refractivity contribution is 5.85. The fraction of sp³-hybridized carbons (Fsp3) is 0.278. The van der Waals surface area contributed by atoms with Crippen molar-refractivity contribution in [2.75, 3.05) is 5.73 Å². The number of benzene rings is 2. The summed E-state index contributed by atoms with van der Waals surface area (Å²) in [7, 11) is 0. The summed E-state index contributed by atoms with van der Waals surface area (Å²) in [6, 6.07) is 10.1. The van der Waals surface area contributed by atoms with E-state index in [0.29, 0.717) is 18.5 Å². The van der Waals surface area contributed by atoms with Crippen molar-refractivity contribution in [1.82, 2.24) is 5.32 Å². The predicted molar refractivity (Wildman–Crippen MR) is 94.0 cm³/mol. The fourth-order valence-corrected chi connectivity index (χ4v) is 2.46. The van der Waals surface area contributed by atoms with Gasteiger partial charge in [0.1, 0.15) is 11.6 Å². The van der Waals surface area contributed by atoms with Crippen molar-refractivity contribution in [2.45, 2.75) is 32.2 Å². The molecule has 6 heteroatoms. The number of carbonyl (C=O) groups excluding carboxylic acids is 1. The van der Waals surface area contributed by atoms with Crippen LogP contribution in [-0.2, 0) is 11.2 Å². The van der Waals surface area contributed by atoms with Crippen LogP contribution in [0.4, 0.5) is 14.5 Å². The lowest BCUT2D eigenvalue weighted by molar-refractivity contribution is -0.121. The standard InChI is InChI=1S/C18H20F2N2O.ClH/c1-2-17(14-11-13(19)8-9-15(14)20)22-18(23)10-7-12-5-3-4-6-16(12)21;/h3-6,8-9,11,17H,2,7,10,21H2,1H3,(H,22,23);1H. The van der Waals surface area contributed by atoms with Crippen molar-refractivity contribution in [3.63, 3.8) is 0 Å². The number of nitrogens with one attached hydrogen (secondary N) is 1. The molecule has 0 bridgehead atoms. The van der Waals surface area contributed by atoms with E-state index in [1.807, 2.05) is 25.1 Å². The minimum atomic E-state index is -0.550. The third kappa shape index (κ3) is 5.20. The summed E-state index contributed by atoms with van der Waals surface area (Å²) in [5.41, 5.74) is 7.54. The molecule has 0 radical (unpaired) electrons. The zero-order valence-electron chi connectivity index (χ0n) is 13.4. The molecule has 1 amide bonds. The van der Waals surface area contributed by atoms with Gasteiger partial charge in [-0.1, -0.05) is 25.1 Å². The lowest BCUT2D eigenvalue weighted by atomic mass is 10.0. The topological polar surface area (TPSA) is 55.1 Å². The maximum atomic E-state index is 13.8. The number of nitrogens with two attached hydrogens (primary N) is 1. The number of rotatable bonds is 6. The Hall–Kier alpha value is -2.14. The van der Waals surface area contributed by atoms with Gasteiger partial charge in [-0.3, -0.25) is 4.79 Å². The second-order valence-electron chi connectivity index (χ2n) is 5.39. The van der Waals surface area contributed by atoms with Gasteiger partial charge in [0.05, 0.1) is 6.04 Å². The highest BCUT2D eigenvalue weighted by Gasteiger charge is 2.17. The second kappa shape index (κ2) is 9.23. The predicted octanol–water partition coefficient (Wildman–Crippen LogP) is 4.17. The highest BCUT2D eigenvalue weighted by Crippen LogP contribution is 2.21. The lowest BCUT2D eigenvalue weighted by Crippen LogP contribution is -2.29. The summed E-state index contributed by atoms with van der Waals surface area (Å²) < 4.78 is 27.1. The van der Waals surface area contributed by atoms with Crippen LogP contribution in [0.25, 0.3) is 0 Å². The lowest BCUT2D eigenvalue weighted by Gasteiger charge is -2.18. The van der Waals surface area contributed by atoms with Crippen LogP contribution in [0.3, 0.4) is 0 Å². The van der Waals surface area contributed by atoms with Crippen LogP contribution in [-0.4, -0.2) is 5.91 Å². The molecular formula is C18H21ClF2N2O. The van der Waals surface area contributed by atoms with Crippen molar-refractivity contribution < 1.29 is 13.6 Å². The molecule has 0 aliphatic heterocycles. The Bertz CT molecular complexity index is 694. The molecule has 2 rings (SSSR count). The van der Waals surface area contributed by atoms with Gasteiger partial charge < -0.3 is 11.1 Å². The molecule has 0 saturated carbocycles. The number of nitrogen functional groups attached to an aromatic ring is 1. The smallest absolute Gasteiger partial charge is 0.220 e. The van der Waals surface area contributed by atoms with Gasteiger partial charge >= 0.3 is 0 Å². The molecule has 130 valence electrons. The molecule has 0 aromatic heterocycles. The Morgan fingerprint density at radius 2 is 1.92 bits per heavy atom. The van der Waals surface area contributed by atoms with Gasteiger partial charge in [-0.25, -0.2) is 8.78 Å². The van der Waals surface area contributed by atoms with Crippen LogP contribution < -0.4 is 11.1 Å². The van der Waals surface area contributed by atoms with Crippen molar-refractivity contribution in [3.05, 3.63) is 65.2 Å². The van der Waals surface area contributed by atoms with E-state index in [0.717, 1.165) is 23.8 Å². The third-order valence-electron chi connectivity index (χ3n) is 3.75. The first-order chi connectivity index (χ1) is 11.0. The number of anilines is 1. The highest BCUT2D eigenvalue weighted by atomic mass is 35.5. The van der Waals surface area contributed by atoms with Gasteiger partial charge in [0.25, 0.3) is 0 Å². The summed E-state index contributed by atoms with van der Waals surface area (Å²) in [6.07, 6.45) is 1.21. The molecule has 0 heterocycles. The molecule has 2 aromatic rings. The minimum Gasteiger partial charge on any atom is -0.399 e. The molecule has 24 heavy (non-hydrogen) atoms. The Morgan fingerprint density at radius 3 is 2.58 bits per heavy atom. The van der Waals surface area contributed by atoms with Crippen LogP contribution >= 0.6 is 12.4 Å². The van der Waals surface area contributed by atoms with Crippen molar-refractivity contribution in [3.8, 4) is 0 Å². The van der Waals surface area contributed by atoms with Crippen molar-refractivity contribution >= 4 is 24.0 Å². The number of para-hydroxylation sites is 1. The number of halogens is 3. The van der Waals surface area contributed by atoms with E-state index >= 15 is 0 Å². The average Bonchev–Trinajstić information content (AvgIpc) is 2.54. The summed E-state index contributed by atoms with van der Waals surface area (Å²) in [4.78, 5) is 12.1. The molecule has 0 aliphatic carbocycles. The summed E-state index contributed by atoms with van der Waals surface area (Å²) in [5.74, 6) is -1.26. The molecule has 1 atom stereocenters. The minimum absolute atomic E-state index is 0. The number of hydrogen-bond donors (Lipinski definition) is 2. The number of aryl methyl sites for hydroxylation is 1. The average molecular weight is 355 g/mol. The van der Waals surface area contributed by atoms with E-state index in [-0.39, 0.29) is 30.3 Å². The summed E-state index contributed by atoms with van der Waals surface area (Å²) in [6.45, 7) is 1.81. The maximum Gasteiger partial charge on any atom is 0.220 e. The molecule has 0 fully saturated rings. The molecule has 0 saturated heterocycles. The van der Waals surface area contributed by atoms with Gasteiger partial charge in [0.2, 0.25) is 5.91 Å².